The summed E-state index contributed by atoms with van der Waals surface area (Å²) in [5, 5.41) is 9.77. The Morgan fingerprint density at radius 1 is 1.23 bits per heavy atom. The molecule has 4 nitrogen and oxygen atoms in total. The van der Waals surface area contributed by atoms with E-state index in [1.807, 2.05) is 0 Å². The molecular formula is C18H26N4. The summed E-state index contributed by atoms with van der Waals surface area (Å²) >= 11 is 0. The highest BCUT2D eigenvalue weighted by Gasteiger charge is 2.23. The van der Waals surface area contributed by atoms with E-state index in [4.69, 9.17) is 5.10 Å². The summed E-state index contributed by atoms with van der Waals surface area (Å²) in [4.78, 5) is 2.38. The number of benzene rings is 1. The third-order valence-corrected chi connectivity index (χ3v) is 5.35. The second-order valence-electron chi connectivity index (χ2n) is 7.28. The Morgan fingerprint density at radius 2 is 2.14 bits per heavy atom. The summed E-state index contributed by atoms with van der Waals surface area (Å²) in [5.41, 5.74) is 2.55. The van der Waals surface area contributed by atoms with Crippen molar-refractivity contribution in [1.82, 2.24) is 20.0 Å². The van der Waals surface area contributed by atoms with Crippen molar-refractivity contribution < 1.29 is 0 Å². The molecule has 0 aliphatic carbocycles. The minimum atomic E-state index is 0.515. The second-order valence-corrected chi connectivity index (χ2v) is 7.28. The van der Waals surface area contributed by atoms with Gasteiger partial charge >= 0.3 is 0 Å². The van der Waals surface area contributed by atoms with Crippen molar-refractivity contribution in [2.24, 2.45) is 5.92 Å². The van der Waals surface area contributed by atoms with E-state index in [9.17, 15) is 0 Å². The molecule has 2 saturated heterocycles. The second kappa shape index (κ2) is 5.67. The zero-order valence-electron chi connectivity index (χ0n) is 13.6. The zero-order valence-corrected chi connectivity index (χ0v) is 13.6. The van der Waals surface area contributed by atoms with Crippen LogP contribution in [0, 0.1) is 5.92 Å². The molecule has 0 saturated carbocycles. The molecule has 22 heavy (non-hydrogen) atoms. The lowest BCUT2D eigenvalue weighted by atomic mass is 9.92. The zero-order chi connectivity index (χ0) is 15.1. The highest BCUT2D eigenvalue weighted by molar-refractivity contribution is 5.79. The highest BCUT2D eigenvalue weighted by Crippen LogP contribution is 2.29. The normalized spacial score (nSPS) is 30.2. The molecule has 0 bridgehead atoms. The van der Waals surface area contributed by atoms with Gasteiger partial charge < -0.3 is 10.2 Å². The van der Waals surface area contributed by atoms with Gasteiger partial charge in [-0.05, 0) is 63.0 Å². The van der Waals surface area contributed by atoms with Gasteiger partial charge in [-0.1, -0.05) is 13.0 Å². The largest absolute Gasteiger partial charge is 0.310 e. The number of aromatic nitrogens is 2. The van der Waals surface area contributed by atoms with Crippen LogP contribution in [0.3, 0.4) is 0 Å². The van der Waals surface area contributed by atoms with Crippen molar-refractivity contribution in [2.45, 2.75) is 38.3 Å². The molecule has 2 aromatic rings. The van der Waals surface area contributed by atoms with Crippen molar-refractivity contribution in [3.8, 4) is 0 Å². The summed E-state index contributed by atoms with van der Waals surface area (Å²) in [7, 11) is 2.19. The van der Waals surface area contributed by atoms with Gasteiger partial charge in [-0.15, -0.1) is 0 Å². The average molecular weight is 298 g/mol. The van der Waals surface area contributed by atoms with Crippen LogP contribution in [0.5, 0.6) is 0 Å². The van der Waals surface area contributed by atoms with Gasteiger partial charge in [-0.2, -0.15) is 5.10 Å². The Kier molecular flexibility index (Phi) is 3.66. The number of fused-ring (bicyclic) bond motifs is 1. The number of piperidine rings is 1. The first-order chi connectivity index (χ1) is 10.7. The van der Waals surface area contributed by atoms with Crippen LogP contribution in [0.4, 0.5) is 0 Å². The van der Waals surface area contributed by atoms with Gasteiger partial charge in [0.2, 0.25) is 0 Å². The molecule has 1 unspecified atom stereocenters. The summed E-state index contributed by atoms with van der Waals surface area (Å²) in [6, 6.07) is 7.84. The SMILES string of the molecule is C[C@H]1CC[C@H](c2ccc3nn(C4CCN(C)C4)cc3c2)NC1. The molecular weight excluding hydrogens is 272 g/mol. The van der Waals surface area contributed by atoms with Gasteiger partial charge in [0.25, 0.3) is 0 Å². The van der Waals surface area contributed by atoms with Crippen molar-refractivity contribution in [1.29, 1.82) is 0 Å². The monoisotopic (exact) mass is 298 g/mol. The lowest BCUT2D eigenvalue weighted by Crippen LogP contribution is -2.31. The van der Waals surface area contributed by atoms with E-state index in [0.29, 0.717) is 12.1 Å². The van der Waals surface area contributed by atoms with Gasteiger partial charge in [-0.3, -0.25) is 4.68 Å². The Morgan fingerprint density at radius 3 is 2.86 bits per heavy atom. The Hall–Kier alpha value is -1.39. The topological polar surface area (TPSA) is 33.1 Å². The van der Waals surface area contributed by atoms with Crippen LogP contribution in [0.1, 0.15) is 43.8 Å². The lowest BCUT2D eigenvalue weighted by Gasteiger charge is -2.28. The number of likely N-dealkylation sites (N-methyl/N-ethyl adjacent to an activating group) is 1. The van der Waals surface area contributed by atoms with Crippen LogP contribution in [-0.2, 0) is 0 Å². The van der Waals surface area contributed by atoms with E-state index in [1.165, 1.54) is 36.8 Å². The first-order valence-corrected chi connectivity index (χ1v) is 8.60. The van der Waals surface area contributed by atoms with Gasteiger partial charge in [0, 0.05) is 24.2 Å². The Bertz CT molecular complexity index is 654. The molecule has 0 spiro atoms. The summed E-state index contributed by atoms with van der Waals surface area (Å²) < 4.78 is 2.19. The maximum atomic E-state index is 4.80. The fraction of sp³-hybridized carbons (Fsp3) is 0.611. The van der Waals surface area contributed by atoms with E-state index in [2.05, 4.69) is 53.3 Å². The van der Waals surface area contributed by atoms with Crippen LogP contribution in [0.2, 0.25) is 0 Å². The van der Waals surface area contributed by atoms with E-state index in [-0.39, 0.29) is 0 Å². The predicted molar refractivity (Wildman–Crippen MR) is 90.0 cm³/mol. The molecule has 4 rings (SSSR count). The number of rotatable bonds is 2. The van der Waals surface area contributed by atoms with Gasteiger partial charge in [0.15, 0.2) is 0 Å². The Labute approximate surface area is 132 Å². The van der Waals surface area contributed by atoms with Gasteiger partial charge in [-0.25, -0.2) is 0 Å². The maximum Gasteiger partial charge on any atom is 0.0923 e. The summed E-state index contributed by atoms with van der Waals surface area (Å²) in [6.45, 7) is 5.75. The molecule has 2 aliphatic heterocycles. The fourth-order valence-corrected chi connectivity index (χ4v) is 3.88. The van der Waals surface area contributed by atoms with Crippen LogP contribution < -0.4 is 5.32 Å². The number of hydrogen-bond acceptors (Lipinski definition) is 3. The van der Waals surface area contributed by atoms with Crippen LogP contribution in [0.25, 0.3) is 10.9 Å². The van der Waals surface area contributed by atoms with E-state index < -0.39 is 0 Å². The predicted octanol–water partition coefficient (Wildman–Crippen LogP) is 2.97. The third kappa shape index (κ3) is 2.66. The van der Waals surface area contributed by atoms with E-state index >= 15 is 0 Å². The molecule has 1 aromatic carbocycles. The van der Waals surface area contributed by atoms with Gasteiger partial charge in [0.05, 0.1) is 11.6 Å². The molecule has 4 heteroatoms. The average Bonchev–Trinajstić information content (AvgIpc) is 3.13. The number of hydrogen-bond donors (Lipinski definition) is 1. The van der Waals surface area contributed by atoms with E-state index in [0.717, 1.165) is 24.5 Å². The molecule has 1 N–H and O–H groups in total. The lowest BCUT2D eigenvalue weighted by molar-refractivity contribution is 0.333. The van der Waals surface area contributed by atoms with Crippen molar-refractivity contribution >= 4 is 10.9 Å². The van der Waals surface area contributed by atoms with Crippen LogP contribution >= 0.6 is 0 Å². The fourth-order valence-electron chi connectivity index (χ4n) is 3.88. The van der Waals surface area contributed by atoms with Crippen LogP contribution in [-0.4, -0.2) is 41.4 Å². The minimum Gasteiger partial charge on any atom is -0.310 e. The van der Waals surface area contributed by atoms with Gasteiger partial charge in [0.1, 0.15) is 0 Å². The molecule has 0 radical (unpaired) electrons. The summed E-state index contributed by atoms with van der Waals surface area (Å²) in [6.07, 6.45) is 6.02. The molecule has 3 heterocycles. The van der Waals surface area contributed by atoms with Crippen molar-refractivity contribution in [3.05, 3.63) is 30.0 Å². The van der Waals surface area contributed by atoms with Crippen molar-refractivity contribution in [3.63, 3.8) is 0 Å². The van der Waals surface area contributed by atoms with E-state index in [1.54, 1.807) is 0 Å². The van der Waals surface area contributed by atoms with Crippen molar-refractivity contribution in [2.75, 3.05) is 26.7 Å². The Balaban J connectivity index is 1.58. The maximum absolute atomic E-state index is 4.80. The molecule has 2 aliphatic rings. The molecule has 0 amide bonds. The standard InChI is InChI=1S/C18H26N4/c1-13-3-5-17(19-10-13)14-4-6-18-15(9-14)11-22(20-18)16-7-8-21(2)12-16/h4,6,9,11,13,16-17,19H,3,5,7-8,10,12H2,1-2H3/t13-,16?,17+/m0/s1. The van der Waals surface area contributed by atoms with Crippen LogP contribution in [0.15, 0.2) is 24.4 Å². The highest BCUT2D eigenvalue weighted by atomic mass is 15.3. The molecule has 2 fully saturated rings. The molecule has 3 atom stereocenters. The molecule has 118 valence electrons. The number of likely N-dealkylation sites (tertiary alicyclic amines) is 1. The number of nitrogens with one attached hydrogen (secondary N) is 1. The first-order valence-electron chi connectivity index (χ1n) is 8.60. The third-order valence-electron chi connectivity index (χ3n) is 5.35. The molecule has 1 aromatic heterocycles. The summed E-state index contributed by atoms with van der Waals surface area (Å²) in [5.74, 6) is 0.807. The minimum absolute atomic E-state index is 0.515. The number of nitrogens with zero attached hydrogens (tertiary/aromatic N) is 3. The quantitative estimate of drug-likeness (QED) is 0.925. The smallest absolute Gasteiger partial charge is 0.0923 e. The first kappa shape index (κ1) is 14.2.